The maximum atomic E-state index is 12.9. The third-order valence-electron chi connectivity index (χ3n) is 21.8. The van der Waals surface area contributed by atoms with Crippen molar-refractivity contribution >= 4 is 36.0 Å². The van der Waals surface area contributed by atoms with Crippen molar-refractivity contribution < 1.29 is 61.9 Å². The van der Waals surface area contributed by atoms with Gasteiger partial charge in [0.15, 0.2) is 0 Å². The Morgan fingerprint density at radius 2 is 0.495 bits per heavy atom. The molecule has 17 heteroatoms. The van der Waals surface area contributed by atoms with Crippen molar-refractivity contribution in [3.63, 3.8) is 0 Å². The summed E-state index contributed by atoms with van der Waals surface area (Å²) in [6, 6.07) is 0. The van der Waals surface area contributed by atoms with Crippen LogP contribution in [0.25, 0.3) is 0 Å². The number of ether oxygens (including phenoxy) is 7. The van der Waals surface area contributed by atoms with Gasteiger partial charge in [-0.1, -0.05) is 308 Å². The molecule has 0 rings (SSSR count). The first kappa shape index (κ1) is 112. The Hall–Kier alpha value is -3.54. The molecule has 0 fully saturated rings. The summed E-state index contributed by atoms with van der Waals surface area (Å²) in [7, 11) is 0. The molecule has 660 valence electrons. The maximum absolute atomic E-state index is 12.9. The van der Waals surface area contributed by atoms with Crippen LogP contribution >= 0.6 is 0 Å². The second kappa shape index (κ2) is 88.8. The Balaban J connectivity index is -0.00000183. The average molecular weight is 1580 g/mol. The summed E-state index contributed by atoms with van der Waals surface area (Å²) in [5, 5.41) is 0. The van der Waals surface area contributed by atoms with Gasteiger partial charge < -0.3 is 47.8 Å². The molecule has 0 amide bonds. The third kappa shape index (κ3) is 81.4. The van der Waals surface area contributed by atoms with Crippen LogP contribution in [0, 0.1) is 11.8 Å². The molecule has 0 aromatic heterocycles. The fraction of sp³-hybridized carbons (Fsp3) is 0.936. The Morgan fingerprint density at radius 3 is 0.829 bits per heavy atom. The van der Waals surface area contributed by atoms with Crippen LogP contribution in [0.5, 0.6) is 0 Å². The first-order valence-electron chi connectivity index (χ1n) is 47.6. The van der Waals surface area contributed by atoms with Gasteiger partial charge in [-0.15, -0.1) is 0 Å². The Morgan fingerprint density at radius 1 is 0.234 bits per heavy atom. The SMILES string of the molecule is CCCCCCC(CCCC)COC(=O)CCCC(CCCCCC)OC(=O)OCCN(CCC)CCN(CC)CC.CCCCCCCCCCCC(=O)OCCN(CCOC(=O)OC(CCCCCC)CCCC(=O)OCC(CCCC)CCCCCC)CCN(CC)CC.CCCCCCCCCCCC(C)=O. The van der Waals surface area contributed by atoms with E-state index in [0.29, 0.717) is 102 Å². The van der Waals surface area contributed by atoms with E-state index < -0.39 is 12.3 Å². The highest BCUT2D eigenvalue weighted by Crippen LogP contribution is 2.23. The second-order valence-electron chi connectivity index (χ2n) is 32.1. The molecule has 0 saturated carbocycles. The molecular formula is C94H186N4O13. The van der Waals surface area contributed by atoms with E-state index in [1.165, 1.54) is 180 Å². The number of rotatable bonds is 81. The summed E-state index contributed by atoms with van der Waals surface area (Å²) in [5.41, 5.74) is 0. The normalized spacial score (nSPS) is 12.5. The van der Waals surface area contributed by atoms with Crippen molar-refractivity contribution in [3.05, 3.63) is 0 Å². The van der Waals surface area contributed by atoms with Gasteiger partial charge in [-0.05, 0) is 148 Å². The van der Waals surface area contributed by atoms with Crippen molar-refractivity contribution in [2.75, 3.05) is 112 Å². The zero-order valence-corrected chi connectivity index (χ0v) is 75.9. The summed E-state index contributed by atoms with van der Waals surface area (Å²) in [4.78, 5) is 83.0. The fourth-order valence-corrected chi connectivity index (χ4v) is 14.1. The fourth-order valence-electron chi connectivity index (χ4n) is 14.1. The predicted molar refractivity (Wildman–Crippen MR) is 467 cm³/mol. The highest BCUT2D eigenvalue weighted by Gasteiger charge is 2.22. The molecule has 4 atom stereocenters. The first-order valence-corrected chi connectivity index (χ1v) is 47.6. The molecular weight excluding hydrogens is 1390 g/mol. The van der Waals surface area contributed by atoms with Gasteiger partial charge in [0.05, 0.1) is 13.2 Å². The number of esters is 3. The minimum Gasteiger partial charge on any atom is -0.465 e. The molecule has 0 saturated heterocycles. The number of carbonyl (C=O) groups excluding carboxylic acids is 6. The van der Waals surface area contributed by atoms with Gasteiger partial charge in [0, 0.05) is 71.5 Å². The lowest BCUT2D eigenvalue weighted by Crippen LogP contribution is -2.39. The molecule has 4 unspecified atom stereocenters. The number of ketones is 1. The van der Waals surface area contributed by atoms with E-state index in [1.807, 2.05) is 0 Å². The number of unbranched alkanes of at least 4 members (excludes halogenated alkanes) is 30. The minimum atomic E-state index is -0.652. The van der Waals surface area contributed by atoms with E-state index in [9.17, 15) is 28.8 Å². The molecule has 0 N–H and O–H groups in total. The highest BCUT2D eigenvalue weighted by atomic mass is 16.7. The summed E-state index contributed by atoms with van der Waals surface area (Å²) in [6.45, 7) is 42.8. The number of nitrogens with zero attached hydrogens (tertiary/aromatic N) is 4. The van der Waals surface area contributed by atoms with Crippen LogP contribution in [-0.4, -0.2) is 179 Å². The van der Waals surface area contributed by atoms with E-state index in [1.54, 1.807) is 6.92 Å². The molecule has 0 spiro atoms. The summed E-state index contributed by atoms with van der Waals surface area (Å²) in [6.07, 6.45) is 56.4. The van der Waals surface area contributed by atoms with Gasteiger partial charge in [0.2, 0.25) is 0 Å². The van der Waals surface area contributed by atoms with Gasteiger partial charge in [-0.25, -0.2) is 9.59 Å². The molecule has 0 aliphatic rings. The van der Waals surface area contributed by atoms with E-state index in [2.05, 4.69) is 110 Å². The van der Waals surface area contributed by atoms with E-state index in [-0.39, 0.29) is 36.7 Å². The lowest BCUT2D eigenvalue weighted by molar-refractivity contribution is -0.146. The highest BCUT2D eigenvalue weighted by molar-refractivity contribution is 5.75. The third-order valence-corrected chi connectivity index (χ3v) is 21.8. The van der Waals surface area contributed by atoms with Crippen LogP contribution in [0.1, 0.15) is 437 Å². The van der Waals surface area contributed by atoms with Crippen LogP contribution in [0.2, 0.25) is 0 Å². The number of hydrogen-bond donors (Lipinski definition) is 0. The molecule has 0 aromatic rings. The van der Waals surface area contributed by atoms with Crippen molar-refractivity contribution in [1.29, 1.82) is 0 Å². The molecule has 0 radical (unpaired) electrons. The molecule has 0 heterocycles. The van der Waals surface area contributed by atoms with Crippen LogP contribution in [0.15, 0.2) is 0 Å². The smallest absolute Gasteiger partial charge is 0.465 e. The van der Waals surface area contributed by atoms with Gasteiger partial charge in [0.25, 0.3) is 0 Å². The monoisotopic (exact) mass is 1580 g/mol. The van der Waals surface area contributed by atoms with Crippen molar-refractivity contribution in [3.8, 4) is 0 Å². The molecule has 0 aromatic carbocycles. The average Bonchev–Trinajstić information content (AvgIpc) is 0.975. The Bertz CT molecular complexity index is 1990. The molecule has 0 aliphatic heterocycles. The predicted octanol–water partition coefficient (Wildman–Crippen LogP) is 25.6. The van der Waals surface area contributed by atoms with Gasteiger partial charge >= 0.3 is 30.2 Å². The van der Waals surface area contributed by atoms with E-state index in [4.69, 9.17) is 33.2 Å². The first-order chi connectivity index (χ1) is 54.0. The Kier molecular flexibility index (Phi) is 89.3. The summed E-state index contributed by atoms with van der Waals surface area (Å²) in [5.74, 6) is 0.856. The molecule has 0 aliphatic carbocycles. The molecule has 0 bridgehead atoms. The molecule has 111 heavy (non-hydrogen) atoms. The van der Waals surface area contributed by atoms with Crippen molar-refractivity contribution in [2.45, 2.75) is 449 Å². The lowest BCUT2D eigenvalue weighted by Gasteiger charge is -2.26. The van der Waals surface area contributed by atoms with E-state index >= 15 is 0 Å². The zero-order valence-electron chi connectivity index (χ0n) is 75.9. The topological polar surface area (TPSA) is 180 Å². The number of likely N-dealkylation sites (N-methyl/N-ethyl adjacent to an activating group) is 2. The maximum Gasteiger partial charge on any atom is 0.508 e. The van der Waals surface area contributed by atoms with Gasteiger partial charge in [0.1, 0.15) is 37.8 Å². The summed E-state index contributed by atoms with van der Waals surface area (Å²) >= 11 is 0. The largest absolute Gasteiger partial charge is 0.508 e. The van der Waals surface area contributed by atoms with Crippen LogP contribution < -0.4 is 0 Å². The second-order valence-corrected chi connectivity index (χ2v) is 32.1. The van der Waals surface area contributed by atoms with Crippen molar-refractivity contribution in [1.82, 2.24) is 19.6 Å². The van der Waals surface area contributed by atoms with Crippen molar-refractivity contribution in [2.24, 2.45) is 11.8 Å². The van der Waals surface area contributed by atoms with Gasteiger partial charge in [-0.2, -0.15) is 0 Å². The standard InChI is InChI=1S/C46H90N2O7.C35H70N2O5.C13H26O/c1-7-13-17-20-21-22-23-24-27-33-44(49)52-39-37-48(36-35-47(11-5)12-6)38-40-53-46(51)55-43(31-26-19-15-9-3)32-28-34-45(50)54-41-42(29-16-10-4)30-25-18-14-8-2;1-7-13-16-18-22-32(21-15-9-3)31-41-34(38)25-20-24-33(23-19-17-14-8-2)42-35(39)40-30-29-37(26-10-4)28-27-36(11-5)12-6;1-3-4-5-6-7-8-9-10-11-12-13(2)14/h42-43H,7-41H2,1-6H3;32-33H,7-31H2,1-6H3;3-12H2,1-2H3. The van der Waals surface area contributed by atoms with Gasteiger partial charge in [-0.3, -0.25) is 24.2 Å². The van der Waals surface area contributed by atoms with Crippen LogP contribution in [-0.2, 0) is 52.3 Å². The lowest BCUT2D eigenvalue weighted by atomic mass is 9.96. The zero-order chi connectivity index (χ0) is 82.5. The summed E-state index contributed by atoms with van der Waals surface area (Å²) < 4.78 is 39.7. The van der Waals surface area contributed by atoms with Crippen LogP contribution in [0.3, 0.4) is 0 Å². The Labute approximate surface area is 686 Å². The molecule has 17 nitrogen and oxygen atoms in total. The quantitative estimate of drug-likeness (QED) is 0.0318. The minimum absolute atomic E-state index is 0.126. The number of carbonyl (C=O) groups is 6. The number of Topliss-reactive ketones (excluding diaryl/α,β-unsaturated/α-hetero) is 1. The van der Waals surface area contributed by atoms with E-state index in [0.717, 1.165) is 181 Å². The van der Waals surface area contributed by atoms with Crippen LogP contribution in [0.4, 0.5) is 9.59 Å². The number of hydrogen-bond acceptors (Lipinski definition) is 17.